The first-order chi connectivity index (χ1) is 7.93. The number of anilines is 1. The van der Waals surface area contributed by atoms with Crippen LogP contribution in [0.2, 0.25) is 0 Å². The van der Waals surface area contributed by atoms with Crippen molar-refractivity contribution in [3.8, 4) is 0 Å². The Morgan fingerprint density at radius 1 is 1.38 bits per heavy atom. The molecule has 0 bridgehead atoms. The van der Waals surface area contributed by atoms with Crippen LogP contribution in [0.15, 0.2) is 18.6 Å². The van der Waals surface area contributed by atoms with Gasteiger partial charge in [-0.1, -0.05) is 17.4 Å². The molecule has 16 heavy (non-hydrogen) atoms. The van der Waals surface area contributed by atoms with Gasteiger partial charge >= 0.3 is 0 Å². The molecular weight excluding hydrogens is 220 g/mol. The summed E-state index contributed by atoms with van der Waals surface area (Å²) < 4.78 is 0. The Labute approximate surface area is 95.0 Å². The van der Waals surface area contributed by atoms with Gasteiger partial charge in [0.25, 0.3) is 0 Å². The molecule has 0 unspecified atom stereocenters. The van der Waals surface area contributed by atoms with Crippen molar-refractivity contribution < 1.29 is 0 Å². The number of hydrogen-bond donors (Lipinski definition) is 2. The van der Waals surface area contributed by atoms with Crippen molar-refractivity contribution in [2.45, 2.75) is 0 Å². The van der Waals surface area contributed by atoms with Crippen LogP contribution < -0.4 is 5.32 Å². The molecule has 0 amide bonds. The predicted octanol–water partition coefficient (Wildman–Crippen LogP) is 2.61. The molecule has 3 aromatic rings. The summed E-state index contributed by atoms with van der Waals surface area (Å²) in [4.78, 5) is 14.0. The number of aromatic amines is 1. The van der Waals surface area contributed by atoms with Crippen molar-refractivity contribution in [3.05, 3.63) is 24.3 Å². The quantitative estimate of drug-likeness (QED) is 0.622. The largest absolute Gasteiger partial charge is 0.379 e. The van der Waals surface area contributed by atoms with E-state index in [-0.39, 0.29) is 0 Å². The average Bonchev–Trinajstić information content (AvgIpc) is 2.83. The summed E-state index contributed by atoms with van der Waals surface area (Å²) in [6.45, 7) is 0.880. The van der Waals surface area contributed by atoms with E-state index in [0.717, 1.165) is 22.5 Å². The minimum atomic E-state index is 0.880. The smallest absolute Gasteiger partial charge is 0.129 e. The van der Waals surface area contributed by atoms with Gasteiger partial charge in [-0.25, -0.2) is 9.97 Å². The molecule has 1 aliphatic rings. The van der Waals surface area contributed by atoms with Crippen molar-refractivity contribution in [2.24, 2.45) is 0 Å². The Morgan fingerprint density at radius 3 is 3.38 bits per heavy atom. The Morgan fingerprint density at radius 2 is 2.38 bits per heavy atom. The summed E-state index contributed by atoms with van der Waals surface area (Å²) in [5.74, 6) is 0. The summed E-state index contributed by atoms with van der Waals surface area (Å²) in [5.41, 5.74) is 2.33. The third-order valence-corrected chi connectivity index (χ3v) is 3.85. The maximum Gasteiger partial charge on any atom is 0.129 e. The monoisotopic (exact) mass is 228 g/mol. The summed E-state index contributed by atoms with van der Waals surface area (Å²) in [6, 6.07) is 0. The second-order valence-corrected chi connectivity index (χ2v) is 4.74. The number of nitrogens with one attached hydrogen (secondary N) is 2. The number of thiophene rings is 1. The molecule has 78 valence electrons. The van der Waals surface area contributed by atoms with Crippen LogP contribution in [0.4, 0.5) is 5.69 Å². The Bertz CT molecular complexity index is 722. The number of fused-ring (bicyclic) bond motifs is 5. The fourth-order valence-corrected chi connectivity index (χ4v) is 3.18. The molecule has 3 aromatic heterocycles. The van der Waals surface area contributed by atoms with Crippen molar-refractivity contribution in [1.29, 1.82) is 0 Å². The van der Waals surface area contributed by atoms with Gasteiger partial charge in [-0.2, -0.15) is 0 Å². The van der Waals surface area contributed by atoms with Gasteiger partial charge in [0.2, 0.25) is 0 Å². The topological polar surface area (TPSA) is 53.6 Å². The molecule has 5 heteroatoms. The third-order valence-electron chi connectivity index (χ3n) is 2.82. The van der Waals surface area contributed by atoms with Crippen LogP contribution in [0, 0.1) is 0 Å². The zero-order valence-corrected chi connectivity index (χ0v) is 9.14. The van der Waals surface area contributed by atoms with Crippen LogP contribution >= 0.6 is 11.3 Å². The molecule has 2 N–H and O–H groups in total. The maximum atomic E-state index is 4.28. The summed E-state index contributed by atoms with van der Waals surface area (Å²) in [7, 11) is 0. The van der Waals surface area contributed by atoms with Crippen LogP contribution in [-0.4, -0.2) is 21.5 Å². The van der Waals surface area contributed by atoms with E-state index in [4.69, 9.17) is 0 Å². The molecule has 4 heterocycles. The SMILES string of the molecule is C1=Cc2[nH]c3sc4ncncc4c3c2NC1. The van der Waals surface area contributed by atoms with Gasteiger partial charge in [0.15, 0.2) is 0 Å². The first kappa shape index (κ1) is 8.29. The van der Waals surface area contributed by atoms with Crippen LogP contribution in [0.1, 0.15) is 5.69 Å². The first-order valence-corrected chi connectivity index (χ1v) is 5.90. The molecule has 0 saturated heterocycles. The second kappa shape index (κ2) is 2.82. The van der Waals surface area contributed by atoms with E-state index in [9.17, 15) is 0 Å². The number of nitrogens with zero attached hydrogens (tertiary/aromatic N) is 2. The molecule has 0 saturated carbocycles. The van der Waals surface area contributed by atoms with Gasteiger partial charge in [-0.15, -0.1) is 0 Å². The van der Waals surface area contributed by atoms with Gasteiger partial charge in [0, 0.05) is 23.5 Å². The molecular formula is C11H8N4S. The highest BCUT2D eigenvalue weighted by atomic mass is 32.1. The highest BCUT2D eigenvalue weighted by Gasteiger charge is 2.17. The van der Waals surface area contributed by atoms with Gasteiger partial charge in [-0.05, 0) is 6.08 Å². The molecule has 0 radical (unpaired) electrons. The molecule has 0 spiro atoms. The molecule has 4 rings (SSSR count). The highest BCUT2D eigenvalue weighted by molar-refractivity contribution is 7.25. The zero-order valence-electron chi connectivity index (χ0n) is 8.32. The van der Waals surface area contributed by atoms with Crippen LogP contribution in [-0.2, 0) is 0 Å². The summed E-state index contributed by atoms with van der Waals surface area (Å²) in [5, 5.41) is 5.75. The summed E-state index contributed by atoms with van der Waals surface area (Å²) in [6.07, 6.45) is 7.71. The lowest BCUT2D eigenvalue weighted by Crippen LogP contribution is -2.02. The fourth-order valence-electron chi connectivity index (χ4n) is 2.14. The van der Waals surface area contributed by atoms with Crippen LogP contribution in [0.3, 0.4) is 0 Å². The fraction of sp³-hybridized carbons (Fsp3) is 0.0909. The molecule has 4 nitrogen and oxygen atoms in total. The van der Waals surface area contributed by atoms with Crippen molar-refractivity contribution in [3.63, 3.8) is 0 Å². The van der Waals surface area contributed by atoms with Gasteiger partial charge in [-0.3, -0.25) is 0 Å². The van der Waals surface area contributed by atoms with E-state index in [1.807, 2.05) is 6.20 Å². The average molecular weight is 228 g/mol. The Hall–Kier alpha value is -1.88. The number of hydrogen-bond acceptors (Lipinski definition) is 4. The molecule has 1 aliphatic heterocycles. The molecule has 0 atom stereocenters. The van der Waals surface area contributed by atoms with Crippen molar-refractivity contribution >= 4 is 43.5 Å². The van der Waals surface area contributed by atoms with E-state index >= 15 is 0 Å². The number of rotatable bonds is 0. The Kier molecular flexibility index (Phi) is 1.46. The highest BCUT2D eigenvalue weighted by Crippen LogP contribution is 2.39. The lowest BCUT2D eigenvalue weighted by atomic mass is 10.2. The third kappa shape index (κ3) is 0.931. The normalized spacial score (nSPS) is 14.2. The lowest BCUT2D eigenvalue weighted by molar-refractivity contribution is 1.24. The van der Waals surface area contributed by atoms with E-state index in [1.165, 1.54) is 15.9 Å². The predicted molar refractivity (Wildman–Crippen MR) is 66.8 cm³/mol. The van der Waals surface area contributed by atoms with Crippen molar-refractivity contribution in [2.75, 3.05) is 11.9 Å². The van der Waals surface area contributed by atoms with Gasteiger partial charge in [0.1, 0.15) is 16.0 Å². The second-order valence-electron chi connectivity index (χ2n) is 3.74. The van der Waals surface area contributed by atoms with Gasteiger partial charge < -0.3 is 10.3 Å². The number of H-pyrrole nitrogens is 1. The molecule has 0 aromatic carbocycles. The minimum absolute atomic E-state index is 0.880. The van der Waals surface area contributed by atoms with E-state index < -0.39 is 0 Å². The summed E-state index contributed by atoms with van der Waals surface area (Å²) >= 11 is 1.67. The zero-order chi connectivity index (χ0) is 10.5. The van der Waals surface area contributed by atoms with E-state index in [0.29, 0.717) is 0 Å². The standard InChI is InChI=1S/C11H8N4S/c1-2-7-9(13-3-1)8-6-4-12-5-14-10(6)16-11(8)15-7/h1-2,4-5,13,15H,3H2. The van der Waals surface area contributed by atoms with Crippen molar-refractivity contribution in [1.82, 2.24) is 15.0 Å². The Balaban J connectivity index is 2.23. The lowest BCUT2D eigenvalue weighted by Gasteiger charge is -2.07. The van der Waals surface area contributed by atoms with Crippen LogP contribution in [0.5, 0.6) is 0 Å². The van der Waals surface area contributed by atoms with E-state index in [2.05, 4.69) is 32.4 Å². The van der Waals surface area contributed by atoms with Crippen LogP contribution in [0.25, 0.3) is 26.5 Å². The van der Waals surface area contributed by atoms with Gasteiger partial charge in [0.05, 0.1) is 11.4 Å². The number of aromatic nitrogens is 3. The first-order valence-electron chi connectivity index (χ1n) is 5.08. The maximum absolute atomic E-state index is 4.28. The minimum Gasteiger partial charge on any atom is -0.379 e. The molecule has 0 aliphatic carbocycles. The molecule has 0 fully saturated rings. The van der Waals surface area contributed by atoms with E-state index in [1.54, 1.807) is 17.7 Å².